The molecule has 0 bridgehead atoms. The van der Waals surface area contributed by atoms with E-state index >= 15 is 0 Å². The minimum atomic E-state index is 0.434. The summed E-state index contributed by atoms with van der Waals surface area (Å²) in [7, 11) is 0. The van der Waals surface area contributed by atoms with Crippen molar-refractivity contribution in [3.8, 4) is 0 Å². The van der Waals surface area contributed by atoms with Crippen LogP contribution in [-0.2, 0) is 4.74 Å². The molecule has 11 heavy (non-hydrogen) atoms. The predicted octanol–water partition coefficient (Wildman–Crippen LogP) is 2.77. The fraction of sp³-hybridized carbons (Fsp3) is 0.800. The first-order valence-corrected chi connectivity index (χ1v) is 4.33. The van der Waals surface area contributed by atoms with Gasteiger partial charge < -0.3 is 4.74 Å². The molecule has 1 aliphatic rings. The van der Waals surface area contributed by atoms with Crippen LogP contribution in [0.3, 0.4) is 0 Å². The molecule has 0 fully saturated rings. The molecule has 0 amide bonds. The van der Waals surface area contributed by atoms with Gasteiger partial charge in [0.1, 0.15) is 0 Å². The van der Waals surface area contributed by atoms with Crippen LogP contribution in [0.25, 0.3) is 0 Å². The van der Waals surface area contributed by atoms with Crippen LogP contribution in [0.2, 0.25) is 0 Å². The third kappa shape index (κ3) is 3.57. The van der Waals surface area contributed by atoms with Gasteiger partial charge in [-0.25, -0.2) is 0 Å². The van der Waals surface area contributed by atoms with Crippen molar-refractivity contribution >= 4 is 0 Å². The van der Waals surface area contributed by atoms with Crippen LogP contribution in [0, 0.1) is 5.41 Å². The molecule has 0 spiro atoms. The van der Waals surface area contributed by atoms with E-state index in [9.17, 15) is 0 Å². The molecule has 1 heterocycles. The SMILES string of the molecule is CC(C)(C)CC1=CCOCC1. The Balaban J connectivity index is 2.42. The Kier molecular flexibility index (Phi) is 2.72. The van der Waals surface area contributed by atoms with Crippen molar-refractivity contribution in [3.05, 3.63) is 11.6 Å². The zero-order valence-corrected chi connectivity index (χ0v) is 7.81. The number of rotatable bonds is 1. The molecule has 0 saturated carbocycles. The van der Waals surface area contributed by atoms with Gasteiger partial charge in [-0.1, -0.05) is 32.4 Å². The van der Waals surface area contributed by atoms with E-state index in [1.165, 1.54) is 6.42 Å². The van der Waals surface area contributed by atoms with Crippen molar-refractivity contribution in [2.24, 2.45) is 5.41 Å². The Hall–Kier alpha value is -0.300. The maximum Gasteiger partial charge on any atom is 0.0650 e. The molecule has 0 radical (unpaired) electrons. The highest BCUT2D eigenvalue weighted by atomic mass is 16.5. The lowest BCUT2D eigenvalue weighted by atomic mass is 9.86. The van der Waals surface area contributed by atoms with Crippen molar-refractivity contribution in [2.75, 3.05) is 13.2 Å². The summed E-state index contributed by atoms with van der Waals surface area (Å²) in [6, 6.07) is 0. The van der Waals surface area contributed by atoms with Crippen molar-refractivity contribution < 1.29 is 4.74 Å². The van der Waals surface area contributed by atoms with Gasteiger partial charge in [-0.2, -0.15) is 0 Å². The van der Waals surface area contributed by atoms with Crippen molar-refractivity contribution in [3.63, 3.8) is 0 Å². The lowest BCUT2D eigenvalue weighted by Gasteiger charge is -2.22. The molecule has 0 unspecified atom stereocenters. The Morgan fingerprint density at radius 3 is 2.64 bits per heavy atom. The van der Waals surface area contributed by atoms with E-state index in [0.717, 1.165) is 19.6 Å². The Morgan fingerprint density at radius 1 is 1.45 bits per heavy atom. The average molecular weight is 154 g/mol. The first-order valence-electron chi connectivity index (χ1n) is 4.33. The third-order valence-corrected chi connectivity index (χ3v) is 1.81. The first-order chi connectivity index (χ1) is 5.08. The summed E-state index contributed by atoms with van der Waals surface area (Å²) >= 11 is 0. The highest BCUT2D eigenvalue weighted by molar-refractivity contribution is 5.06. The molecular weight excluding hydrogens is 136 g/mol. The highest BCUT2D eigenvalue weighted by Crippen LogP contribution is 2.26. The molecule has 0 aliphatic carbocycles. The quantitative estimate of drug-likeness (QED) is 0.528. The summed E-state index contributed by atoms with van der Waals surface area (Å²) in [5.74, 6) is 0. The van der Waals surface area contributed by atoms with Crippen LogP contribution in [0.4, 0.5) is 0 Å². The summed E-state index contributed by atoms with van der Waals surface area (Å²) in [4.78, 5) is 0. The van der Waals surface area contributed by atoms with E-state index in [2.05, 4.69) is 26.8 Å². The Bertz CT molecular complexity index is 151. The summed E-state index contributed by atoms with van der Waals surface area (Å²) in [5, 5.41) is 0. The van der Waals surface area contributed by atoms with Crippen molar-refractivity contribution in [1.29, 1.82) is 0 Å². The fourth-order valence-electron chi connectivity index (χ4n) is 1.41. The number of hydrogen-bond acceptors (Lipinski definition) is 1. The van der Waals surface area contributed by atoms with Gasteiger partial charge in [0.25, 0.3) is 0 Å². The second-order valence-electron chi connectivity index (χ2n) is 4.42. The van der Waals surface area contributed by atoms with Gasteiger partial charge in [-0.3, -0.25) is 0 Å². The van der Waals surface area contributed by atoms with E-state index < -0.39 is 0 Å². The van der Waals surface area contributed by atoms with Gasteiger partial charge in [0.15, 0.2) is 0 Å². The van der Waals surface area contributed by atoms with Crippen LogP contribution in [0.15, 0.2) is 11.6 Å². The number of hydrogen-bond donors (Lipinski definition) is 0. The second-order valence-corrected chi connectivity index (χ2v) is 4.42. The van der Waals surface area contributed by atoms with Gasteiger partial charge in [-0.05, 0) is 18.3 Å². The van der Waals surface area contributed by atoms with E-state index in [1.54, 1.807) is 5.57 Å². The maximum atomic E-state index is 5.24. The summed E-state index contributed by atoms with van der Waals surface area (Å²) in [5.41, 5.74) is 2.01. The topological polar surface area (TPSA) is 9.23 Å². The zero-order chi connectivity index (χ0) is 8.32. The van der Waals surface area contributed by atoms with Gasteiger partial charge >= 0.3 is 0 Å². The summed E-state index contributed by atoms with van der Waals surface area (Å²) in [6.07, 6.45) is 4.59. The summed E-state index contributed by atoms with van der Waals surface area (Å²) in [6.45, 7) is 8.59. The first kappa shape index (κ1) is 8.79. The molecule has 1 heteroatoms. The van der Waals surface area contributed by atoms with Crippen LogP contribution < -0.4 is 0 Å². The smallest absolute Gasteiger partial charge is 0.0650 e. The van der Waals surface area contributed by atoms with Crippen LogP contribution >= 0.6 is 0 Å². The molecule has 0 aromatic heterocycles. The van der Waals surface area contributed by atoms with Gasteiger partial charge in [0.2, 0.25) is 0 Å². The molecule has 1 nitrogen and oxygen atoms in total. The summed E-state index contributed by atoms with van der Waals surface area (Å²) < 4.78 is 5.24. The second kappa shape index (κ2) is 3.40. The van der Waals surface area contributed by atoms with Crippen LogP contribution in [0.1, 0.15) is 33.6 Å². The molecule has 1 rings (SSSR count). The van der Waals surface area contributed by atoms with Crippen LogP contribution in [0.5, 0.6) is 0 Å². The minimum absolute atomic E-state index is 0.434. The van der Waals surface area contributed by atoms with Gasteiger partial charge in [0, 0.05) is 0 Å². The molecule has 0 saturated heterocycles. The highest BCUT2D eigenvalue weighted by Gasteiger charge is 2.14. The molecular formula is C10H18O. The third-order valence-electron chi connectivity index (χ3n) is 1.81. The Morgan fingerprint density at radius 2 is 2.18 bits per heavy atom. The average Bonchev–Trinajstić information content (AvgIpc) is 1.85. The maximum absolute atomic E-state index is 5.24. The normalized spacial score (nSPS) is 19.7. The molecule has 1 aliphatic heterocycles. The largest absolute Gasteiger partial charge is 0.377 e. The van der Waals surface area contributed by atoms with E-state index in [-0.39, 0.29) is 0 Å². The van der Waals surface area contributed by atoms with Crippen molar-refractivity contribution in [2.45, 2.75) is 33.6 Å². The van der Waals surface area contributed by atoms with Gasteiger partial charge in [-0.15, -0.1) is 0 Å². The molecule has 64 valence electrons. The van der Waals surface area contributed by atoms with E-state index in [4.69, 9.17) is 4.74 Å². The predicted molar refractivity (Wildman–Crippen MR) is 47.6 cm³/mol. The van der Waals surface area contributed by atoms with Crippen molar-refractivity contribution in [1.82, 2.24) is 0 Å². The minimum Gasteiger partial charge on any atom is -0.377 e. The van der Waals surface area contributed by atoms with E-state index in [0.29, 0.717) is 5.41 Å². The lowest BCUT2D eigenvalue weighted by Crippen LogP contribution is -2.11. The molecule has 0 atom stereocenters. The zero-order valence-electron chi connectivity index (χ0n) is 7.81. The molecule has 0 aromatic rings. The van der Waals surface area contributed by atoms with Crippen LogP contribution in [-0.4, -0.2) is 13.2 Å². The number of ether oxygens (including phenoxy) is 1. The monoisotopic (exact) mass is 154 g/mol. The standard InChI is InChI=1S/C10H18O/c1-10(2,3)8-9-4-6-11-7-5-9/h4H,5-8H2,1-3H3. The lowest BCUT2D eigenvalue weighted by molar-refractivity contribution is 0.151. The Labute approximate surface area is 69.4 Å². The van der Waals surface area contributed by atoms with E-state index in [1.807, 2.05) is 0 Å². The fourth-order valence-corrected chi connectivity index (χ4v) is 1.41. The molecule has 0 aromatic carbocycles. The molecule has 0 N–H and O–H groups in total. The van der Waals surface area contributed by atoms with Gasteiger partial charge in [0.05, 0.1) is 13.2 Å².